The van der Waals surface area contributed by atoms with Crippen molar-refractivity contribution < 1.29 is 14.3 Å². The maximum atomic E-state index is 12.1. The summed E-state index contributed by atoms with van der Waals surface area (Å²) >= 11 is 1.44. The van der Waals surface area contributed by atoms with Gasteiger partial charge in [0.05, 0.1) is 23.9 Å². The Kier molecular flexibility index (Phi) is 5.73. The zero-order valence-corrected chi connectivity index (χ0v) is 16.0. The normalized spacial score (nSPS) is 10.7. The largest absolute Gasteiger partial charge is 0.497 e. The topological polar surface area (TPSA) is 60.5 Å². The lowest BCUT2D eigenvalue weighted by atomic mass is 10.1. The van der Waals surface area contributed by atoms with Crippen LogP contribution in [0.3, 0.4) is 0 Å². The number of nitrogens with zero attached hydrogens (tertiary/aromatic N) is 1. The van der Waals surface area contributed by atoms with Crippen molar-refractivity contribution in [1.29, 1.82) is 0 Å². The van der Waals surface area contributed by atoms with E-state index in [-0.39, 0.29) is 5.91 Å². The molecule has 0 atom stereocenters. The van der Waals surface area contributed by atoms with E-state index < -0.39 is 0 Å². The smallest absolute Gasteiger partial charge is 0.226 e. The molecule has 0 unspecified atom stereocenters. The Morgan fingerprint density at radius 3 is 2.85 bits per heavy atom. The van der Waals surface area contributed by atoms with Gasteiger partial charge in [-0.2, -0.15) is 0 Å². The Morgan fingerprint density at radius 2 is 2.04 bits per heavy atom. The van der Waals surface area contributed by atoms with Gasteiger partial charge in [0, 0.05) is 6.42 Å². The number of rotatable bonds is 7. The lowest BCUT2D eigenvalue weighted by molar-refractivity contribution is -0.116. The molecule has 26 heavy (non-hydrogen) atoms. The molecule has 0 bridgehead atoms. The summed E-state index contributed by atoms with van der Waals surface area (Å²) < 4.78 is 12.0. The first-order valence-electron chi connectivity index (χ1n) is 8.49. The zero-order valence-electron chi connectivity index (χ0n) is 15.2. The fourth-order valence-corrected chi connectivity index (χ4v) is 3.46. The third-order valence-electron chi connectivity index (χ3n) is 3.99. The van der Waals surface area contributed by atoms with Gasteiger partial charge in [0.25, 0.3) is 0 Å². The van der Waals surface area contributed by atoms with Crippen LogP contribution < -0.4 is 14.8 Å². The van der Waals surface area contributed by atoms with Crippen LogP contribution in [0.15, 0.2) is 36.4 Å². The van der Waals surface area contributed by atoms with Gasteiger partial charge in [0.1, 0.15) is 11.5 Å². The van der Waals surface area contributed by atoms with E-state index in [9.17, 15) is 4.79 Å². The number of hydrogen-bond acceptors (Lipinski definition) is 5. The molecule has 2 aromatic carbocycles. The number of benzene rings is 2. The van der Waals surface area contributed by atoms with Crippen molar-refractivity contribution in [2.45, 2.75) is 26.7 Å². The quantitative estimate of drug-likeness (QED) is 0.611. The molecular formula is C20H22N2O3S. The Morgan fingerprint density at radius 1 is 1.19 bits per heavy atom. The standard InChI is InChI=1S/C20H22N2O3S/c1-13-6-7-14(2)17(11-13)25-10-4-5-19(23)22-20-21-16-9-8-15(24-3)12-18(16)26-20/h6-9,11-12H,4-5,10H2,1-3H3,(H,21,22,23). The Bertz CT molecular complexity index is 921. The third kappa shape index (κ3) is 4.52. The predicted molar refractivity (Wildman–Crippen MR) is 105 cm³/mol. The first-order chi connectivity index (χ1) is 12.5. The number of carbonyl (C=O) groups is 1. The van der Waals surface area contributed by atoms with Crippen LogP contribution in [0.1, 0.15) is 24.0 Å². The average molecular weight is 370 g/mol. The highest BCUT2D eigenvalue weighted by Gasteiger charge is 2.09. The van der Waals surface area contributed by atoms with Gasteiger partial charge in [-0.15, -0.1) is 0 Å². The zero-order chi connectivity index (χ0) is 18.5. The van der Waals surface area contributed by atoms with Crippen molar-refractivity contribution in [2.75, 3.05) is 19.0 Å². The van der Waals surface area contributed by atoms with Crippen molar-refractivity contribution in [3.05, 3.63) is 47.5 Å². The van der Waals surface area contributed by atoms with Gasteiger partial charge in [-0.05, 0) is 55.7 Å². The van der Waals surface area contributed by atoms with E-state index in [0.29, 0.717) is 24.6 Å². The summed E-state index contributed by atoms with van der Waals surface area (Å²) in [5.41, 5.74) is 3.12. The van der Waals surface area contributed by atoms with Gasteiger partial charge >= 0.3 is 0 Å². The van der Waals surface area contributed by atoms with Crippen molar-refractivity contribution in [3.8, 4) is 11.5 Å². The molecule has 136 valence electrons. The molecule has 0 saturated heterocycles. The van der Waals surface area contributed by atoms with Gasteiger partial charge in [0.2, 0.25) is 5.91 Å². The first-order valence-corrected chi connectivity index (χ1v) is 9.31. The lowest BCUT2D eigenvalue weighted by Crippen LogP contribution is -2.12. The van der Waals surface area contributed by atoms with E-state index in [1.807, 2.05) is 44.2 Å². The molecule has 5 nitrogen and oxygen atoms in total. The highest BCUT2D eigenvalue weighted by atomic mass is 32.1. The van der Waals surface area contributed by atoms with Gasteiger partial charge in [-0.1, -0.05) is 23.5 Å². The number of anilines is 1. The molecular weight excluding hydrogens is 348 g/mol. The minimum Gasteiger partial charge on any atom is -0.497 e. The van der Waals surface area contributed by atoms with E-state index in [0.717, 1.165) is 32.8 Å². The van der Waals surface area contributed by atoms with Crippen molar-refractivity contribution in [1.82, 2.24) is 4.98 Å². The van der Waals surface area contributed by atoms with Crippen LogP contribution in [0.4, 0.5) is 5.13 Å². The molecule has 1 amide bonds. The Balaban J connectivity index is 1.49. The van der Waals surface area contributed by atoms with E-state index >= 15 is 0 Å². The Hall–Kier alpha value is -2.60. The molecule has 1 N–H and O–H groups in total. The van der Waals surface area contributed by atoms with Crippen LogP contribution in [0.5, 0.6) is 11.5 Å². The molecule has 0 aliphatic rings. The number of nitrogens with one attached hydrogen (secondary N) is 1. The SMILES string of the molecule is COc1ccc2nc(NC(=O)CCCOc3cc(C)ccc3C)sc2c1. The van der Waals surface area contributed by atoms with Gasteiger partial charge in [-0.3, -0.25) is 4.79 Å². The van der Waals surface area contributed by atoms with Crippen LogP contribution in [0, 0.1) is 13.8 Å². The summed E-state index contributed by atoms with van der Waals surface area (Å²) in [4.78, 5) is 16.5. The minimum absolute atomic E-state index is 0.0550. The number of thiazole rings is 1. The maximum absolute atomic E-state index is 12.1. The number of hydrogen-bond donors (Lipinski definition) is 1. The number of methoxy groups -OCH3 is 1. The minimum atomic E-state index is -0.0550. The van der Waals surface area contributed by atoms with Gasteiger partial charge in [0.15, 0.2) is 5.13 Å². The Labute approximate surface area is 157 Å². The highest BCUT2D eigenvalue weighted by Crippen LogP contribution is 2.29. The third-order valence-corrected chi connectivity index (χ3v) is 4.92. The average Bonchev–Trinajstić information content (AvgIpc) is 3.02. The van der Waals surface area contributed by atoms with Crippen molar-refractivity contribution in [2.24, 2.45) is 0 Å². The molecule has 0 spiro atoms. The molecule has 3 aromatic rings. The summed E-state index contributed by atoms with van der Waals surface area (Å²) in [6.45, 7) is 4.56. The van der Waals surface area contributed by atoms with Crippen LogP contribution in [-0.4, -0.2) is 24.6 Å². The summed E-state index contributed by atoms with van der Waals surface area (Å²) in [5.74, 6) is 1.61. The van der Waals surface area contributed by atoms with Crippen LogP contribution in [-0.2, 0) is 4.79 Å². The van der Waals surface area contributed by atoms with Crippen molar-refractivity contribution >= 4 is 32.6 Å². The molecule has 0 aliphatic heterocycles. The van der Waals surface area contributed by atoms with Gasteiger partial charge < -0.3 is 14.8 Å². The predicted octanol–water partition coefficient (Wildman–Crippen LogP) is 4.72. The van der Waals surface area contributed by atoms with Gasteiger partial charge in [-0.25, -0.2) is 4.98 Å². The van der Waals surface area contributed by atoms with Crippen LogP contribution >= 0.6 is 11.3 Å². The molecule has 3 rings (SSSR count). The lowest BCUT2D eigenvalue weighted by Gasteiger charge is -2.09. The monoisotopic (exact) mass is 370 g/mol. The number of aryl methyl sites for hydroxylation is 2. The second kappa shape index (κ2) is 8.19. The fourth-order valence-electron chi connectivity index (χ4n) is 2.54. The second-order valence-corrected chi connectivity index (χ2v) is 7.15. The van der Waals surface area contributed by atoms with Crippen LogP contribution in [0.2, 0.25) is 0 Å². The second-order valence-electron chi connectivity index (χ2n) is 6.12. The highest BCUT2D eigenvalue weighted by molar-refractivity contribution is 7.22. The summed E-state index contributed by atoms with van der Waals surface area (Å²) in [6, 6.07) is 11.8. The summed E-state index contributed by atoms with van der Waals surface area (Å²) in [5, 5.41) is 3.47. The number of aromatic nitrogens is 1. The van der Waals surface area contributed by atoms with E-state index in [1.54, 1.807) is 7.11 Å². The molecule has 0 aliphatic carbocycles. The maximum Gasteiger partial charge on any atom is 0.226 e. The summed E-state index contributed by atoms with van der Waals surface area (Å²) in [7, 11) is 1.63. The number of carbonyl (C=O) groups excluding carboxylic acids is 1. The fraction of sp³-hybridized carbons (Fsp3) is 0.300. The molecule has 1 heterocycles. The summed E-state index contributed by atoms with van der Waals surface area (Å²) in [6.07, 6.45) is 1.04. The van der Waals surface area contributed by atoms with Crippen molar-refractivity contribution in [3.63, 3.8) is 0 Å². The first kappa shape index (κ1) is 18.2. The number of fused-ring (bicyclic) bond motifs is 1. The van der Waals surface area contributed by atoms with E-state index in [1.165, 1.54) is 11.3 Å². The van der Waals surface area contributed by atoms with E-state index in [2.05, 4.69) is 16.4 Å². The number of ether oxygens (including phenoxy) is 2. The molecule has 0 saturated carbocycles. The molecule has 0 fully saturated rings. The van der Waals surface area contributed by atoms with E-state index in [4.69, 9.17) is 9.47 Å². The molecule has 1 aromatic heterocycles. The molecule has 6 heteroatoms. The number of amides is 1. The molecule has 0 radical (unpaired) electrons. The van der Waals surface area contributed by atoms with Crippen LogP contribution in [0.25, 0.3) is 10.2 Å².